The van der Waals surface area contributed by atoms with Gasteiger partial charge in [0.1, 0.15) is 36.4 Å². The maximum Gasteiger partial charge on any atom is 0.330 e. The van der Waals surface area contributed by atoms with Gasteiger partial charge in [-0.1, -0.05) is 5.11 Å². The molecule has 3 aromatic rings. The highest BCUT2D eigenvalue weighted by Crippen LogP contribution is 2.46. The van der Waals surface area contributed by atoms with E-state index in [1.165, 1.54) is 30.3 Å². The number of nitrogens with zero attached hydrogens (tertiary/aromatic N) is 8. The average molecular weight is 613 g/mol. The van der Waals surface area contributed by atoms with Crippen LogP contribution in [0.3, 0.4) is 0 Å². The molecule has 2 aliphatic heterocycles. The van der Waals surface area contributed by atoms with Crippen LogP contribution in [0.2, 0.25) is 0 Å². The second kappa shape index (κ2) is 11.5. The molecule has 0 saturated carbocycles. The Hall–Kier alpha value is -3.29. The zero-order chi connectivity index (χ0) is 29.5. The number of aliphatic hydroxyl groups is 2. The summed E-state index contributed by atoms with van der Waals surface area (Å²) in [5.41, 5.74) is 14.3. The van der Waals surface area contributed by atoms with E-state index in [1.807, 2.05) is 0 Å². The van der Waals surface area contributed by atoms with E-state index < -0.39 is 67.5 Å². The molecule has 2 fully saturated rings. The standard InChI is InChI=1S/C20H25N10O9PS/c1-8-3-29(20(34)26-18(8)33)12-2-9(27-28-22)10(38-12)4-36-40(35,41)37-5-11-14(31)15(32)19(39-11)30-7-25-13-16(21)23-6-24-17(13)30/h3,6-7,9-12,14-15,19,31-32H,2,4-5H2,1H3,(H,35,41)(H2,21,23,24)(H,26,33,34)/t9-,10+,11+,12+,14+,15+,19+,40?/m0/s1. The molecule has 1 unspecified atom stereocenters. The summed E-state index contributed by atoms with van der Waals surface area (Å²) >= 11 is 5.07. The Bertz CT molecular complexity index is 1660. The summed E-state index contributed by atoms with van der Waals surface area (Å²) in [6, 6.07) is -0.794. The molecular weight excluding hydrogens is 587 g/mol. The van der Waals surface area contributed by atoms with E-state index in [4.69, 9.17) is 41.6 Å². The first-order valence-corrected chi connectivity index (χ1v) is 14.7. The van der Waals surface area contributed by atoms with E-state index in [1.54, 1.807) is 0 Å². The number of H-pyrrole nitrogens is 1. The summed E-state index contributed by atoms with van der Waals surface area (Å²) in [6.45, 7) is -3.26. The van der Waals surface area contributed by atoms with E-state index >= 15 is 0 Å². The summed E-state index contributed by atoms with van der Waals surface area (Å²) < 4.78 is 24.9. The van der Waals surface area contributed by atoms with Crippen molar-refractivity contribution in [1.29, 1.82) is 0 Å². The molecule has 2 aliphatic rings. The SMILES string of the molecule is Cc1cn([C@H]2C[C@H](N=[N+]=[N-])[C@@H](COP(O)(=S)OC[C@H]3O[C@@H](n4cnc5c(N)ncnc54)[C@H](O)[C@@H]3O)O2)c(=O)[nH]c1=O. The molecule has 0 spiro atoms. The van der Waals surface area contributed by atoms with Crippen LogP contribution >= 0.6 is 6.72 Å². The van der Waals surface area contributed by atoms with Crippen LogP contribution in [0.1, 0.15) is 24.4 Å². The molecule has 220 valence electrons. The first-order valence-electron chi connectivity index (χ1n) is 12.1. The number of aryl methyl sites for hydroxylation is 1. The predicted octanol–water partition coefficient (Wildman–Crippen LogP) is -0.897. The summed E-state index contributed by atoms with van der Waals surface area (Å²) in [7, 11) is 0. The van der Waals surface area contributed by atoms with Gasteiger partial charge in [-0.25, -0.2) is 19.7 Å². The molecule has 0 aliphatic carbocycles. The average Bonchev–Trinajstić information content (AvgIpc) is 3.61. The van der Waals surface area contributed by atoms with Crippen molar-refractivity contribution in [2.24, 2.45) is 5.11 Å². The Balaban J connectivity index is 1.21. The van der Waals surface area contributed by atoms with Gasteiger partial charge >= 0.3 is 12.4 Å². The highest BCUT2D eigenvalue weighted by molar-refractivity contribution is 8.07. The summed E-state index contributed by atoms with van der Waals surface area (Å²) in [5.74, 6) is 0.126. The first-order chi connectivity index (χ1) is 19.5. The van der Waals surface area contributed by atoms with E-state index in [0.717, 1.165) is 4.57 Å². The maximum absolute atomic E-state index is 12.3. The fraction of sp³-hybridized carbons (Fsp3) is 0.550. The number of hydrogen-bond donors (Lipinski definition) is 5. The number of imidazole rings is 1. The van der Waals surface area contributed by atoms with Gasteiger partial charge in [0.2, 0.25) is 0 Å². The lowest BCUT2D eigenvalue weighted by Crippen LogP contribution is -2.34. The second-order valence-corrected chi connectivity index (χ2v) is 12.1. The van der Waals surface area contributed by atoms with Crippen LogP contribution in [0.4, 0.5) is 5.82 Å². The molecule has 19 nitrogen and oxygen atoms in total. The zero-order valence-electron chi connectivity index (χ0n) is 21.2. The molecule has 3 aromatic heterocycles. The first kappa shape index (κ1) is 29.2. The van der Waals surface area contributed by atoms with Crippen molar-refractivity contribution in [1.82, 2.24) is 29.1 Å². The van der Waals surface area contributed by atoms with Crippen molar-refractivity contribution in [3.05, 3.63) is 55.7 Å². The maximum atomic E-state index is 12.3. The number of nitrogens with one attached hydrogen (secondary N) is 1. The fourth-order valence-corrected chi connectivity index (χ4v) is 5.66. The van der Waals surface area contributed by atoms with Gasteiger partial charge in [-0.2, -0.15) is 0 Å². The van der Waals surface area contributed by atoms with E-state index in [9.17, 15) is 24.7 Å². The lowest BCUT2D eigenvalue weighted by molar-refractivity contribution is -0.0519. The Morgan fingerprint density at radius 3 is 2.68 bits per heavy atom. The Labute approximate surface area is 234 Å². The van der Waals surface area contributed by atoms with E-state index in [2.05, 4.69) is 30.0 Å². The number of hydrogen-bond acceptors (Lipinski definition) is 14. The lowest BCUT2D eigenvalue weighted by atomic mass is 10.1. The van der Waals surface area contributed by atoms with Gasteiger partial charge in [-0.15, -0.1) is 0 Å². The molecule has 2 saturated heterocycles. The number of nitrogens with two attached hydrogens (primary N) is 1. The minimum Gasteiger partial charge on any atom is -0.387 e. The summed E-state index contributed by atoms with van der Waals surface area (Å²) in [6.07, 6.45) is -2.93. The molecule has 0 radical (unpaired) electrons. The molecular formula is C20H25N10O9PS. The number of aromatic amines is 1. The smallest absolute Gasteiger partial charge is 0.330 e. The van der Waals surface area contributed by atoms with Crippen molar-refractivity contribution in [2.75, 3.05) is 18.9 Å². The monoisotopic (exact) mass is 612 g/mol. The highest BCUT2D eigenvalue weighted by atomic mass is 32.5. The van der Waals surface area contributed by atoms with Gasteiger partial charge in [0.05, 0.1) is 31.7 Å². The largest absolute Gasteiger partial charge is 0.387 e. The molecule has 0 aromatic carbocycles. The van der Waals surface area contributed by atoms with Crippen molar-refractivity contribution in [2.45, 2.75) is 56.3 Å². The normalized spacial score (nSPS) is 29.4. The molecule has 8 atom stereocenters. The Morgan fingerprint density at radius 2 is 1.95 bits per heavy atom. The van der Waals surface area contributed by atoms with Crippen molar-refractivity contribution in [3.8, 4) is 0 Å². The molecule has 6 N–H and O–H groups in total. The third-order valence-corrected chi connectivity index (χ3v) is 8.25. The van der Waals surface area contributed by atoms with E-state index in [-0.39, 0.29) is 35.6 Å². The zero-order valence-corrected chi connectivity index (χ0v) is 22.9. The molecule has 5 heterocycles. The van der Waals surface area contributed by atoms with Crippen LogP contribution < -0.4 is 17.0 Å². The number of fused-ring (bicyclic) bond motifs is 1. The lowest BCUT2D eigenvalue weighted by Gasteiger charge is -2.22. The minimum absolute atomic E-state index is 0.0829. The third kappa shape index (κ3) is 5.88. The second-order valence-electron chi connectivity index (χ2n) is 9.31. The van der Waals surface area contributed by atoms with Crippen LogP contribution in [0.15, 0.2) is 33.6 Å². The van der Waals surface area contributed by atoms with Crippen LogP contribution in [0, 0.1) is 6.92 Å². The Kier molecular flexibility index (Phi) is 8.22. The molecule has 0 amide bonds. The van der Waals surface area contributed by atoms with Gasteiger partial charge in [0.15, 0.2) is 17.7 Å². The topological polar surface area (TPSA) is 271 Å². The highest BCUT2D eigenvalue weighted by Gasteiger charge is 2.45. The number of aliphatic hydroxyl groups excluding tert-OH is 2. The van der Waals surface area contributed by atoms with Crippen LogP contribution in [0.25, 0.3) is 21.6 Å². The quantitative estimate of drug-likeness (QED) is 0.0848. The molecule has 21 heteroatoms. The number of azide groups is 1. The number of aromatic nitrogens is 6. The van der Waals surface area contributed by atoms with Crippen molar-refractivity contribution in [3.63, 3.8) is 0 Å². The van der Waals surface area contributed by atoms with Gasteiger partial charge in [0, 0.05) is 23.1 Å². The number of nitrogen functional groups attached to an aromatic ring is 1. The predicted molar refractivity (Wildman–Crippen MR) is 142 cm³/mol. The third-order valence-electron chi connectivity index (χ3n) is 6.66. The number of rotatable bonds is 9. The van der Waals surface area contributed by atoms with E-state index in [0.29, 0.717) is 0 Å². The van der Waals surface area contributed by atoms with Gasteiger partial charge in [0.25, 0.3) is 5.56 Å². The summed E-state index contributed by atoms with van der Waals surface area (Å²) in [4.78, 5) is 51.6. The summed E-state index contributed by atoms with van der Waals surface area (Å²) in [5, 5.41) is 24.8. The number of anilines is 1. The minimum atomic E-state index is -3.96. The van der Waals surface area contributed by atoms with Crippen LogP contribution in [-0.4, -0.2) is 87.8 Å². The number of ether oxygens (including phenoxy) is 2. The van der Waals surface area contributed by atoms with Gasteiger partial charge in [-0.05, 0) is 24.3 Å². The van der Waals surface area contributed by atoms with Crippen molar-refractivity contribution < 1.29 is 33.6 Å². The fourth-order valence-electron chi connectivity index (χ4n) is 4.55. The molecule has 41 heavy (non-hydrogen) atoms. The molecule has 0 bridgehead atoms. The van der Waals surface area contributed by atoms with Gasteiger partial charge in [-0.3, -0.25) is 18.9 Å². The van der Waals surface area contributed by atoms with Crippen LogP contribution in [-0.2, 0) is 30.3 Å². The molecule has 5 rings (SSSR count). The van der Waals surface area contributed by atoms with Crippen molar-refractivity contribution >= 4 is 35.5 Å². The Morgan fingerprint density at radius 1 is 1.22 bits per heavy atom. The van der Waals surface area contributed by atoms with Gasteiger partial charge < -0.3 is 39.4 Å². The van der Waals surface area contributed by atoms with Crippen LogP contribution in [0.5, 0.6) is 0 Å².